The van der Waals surface area contributed by atoms with Crippen LogP contribution >= 0.6 is 11.3 Å². The Morgan fingerprint density at radius 2 is 1.74 bits per heavy atom. The van der Waals surface area contributed by atoms with Crippen LogP contribution in [0.25, 0.3) is 0 Å². The van der Waals surface area contributed by atoms with E-state index in [9.17, 15) is 9.59 Å². The molecular formula is C17H20N2O3S. The predicted molar refractivity (Wildman–Crippen MR) is 90.7 cm³/mol. The molecule has 0 radical (unpaired) electrons. The van der Waals surface area contributed by atoms with Gasteiger partial charge in [0.1, 0.15) is 5.75 Å². The Morgan fingerprint density at radius 3 is 2.39 bits per heavy atom. The van der Waals surface area contributed by atoms with Gasteiger partial charge in [-0.15, -0.1) is 11.3 Å². The fourth-order valence-corrected chi connectivity index (χ4v) is 2.58. The molecule has 2 aromatic rings. The van der Waals surface area contributed by atoms with E-state index in [1.165, 1.54) is 0 Å². The highest BCUT2D eigenvalue weighted by molar-refractivity contribution is 7.10. The number of nitrogens with one attached hydrogen (secondary N) is 2. The van der Waals surface area contributed by atoms with E-state index in [4.69, 9.17) is 4.74 Å². The van der Waals surface area contributed by atoms with Gasteiger partial charge in [0.25, 0.3) is 5.91 Å². The summed E-state index contributed by atoms with van der Waals surface area (Å²) in [6, 6.07) is 11.4. The fourth-order valence-electron chi connectivity index (χ4n) is 1.87. The first-order chi connectivity index (χ1) is 11.1. The van der Waals surface area contributed by atoms with E-state index in [-0.39, 0.29) is 18.4 Å². The van der Waals surface area contributed by atoms with E-state index in [2.05, 4.69) is 10.6 Å². The quantitative estimate of drug-likeness (QED) is 0.726. The molecule has 0 aliphatic rings. The van der Waals surface area contributed by atoms with Crippen LogP contribution in [-0.4, -0.2) is 31.5 Å². The van der Waals surface area contributed by atoms with Gasteiger partial charge in [-0.3, -0.25) is 9.59 Å². The highest BCUT2D eigenvalue weighted by atomic mass is 32.1. The number of amides is 2. The molecule has 23 heavy (non-hydrogen) atoms. The van der Waals surface area contributed by atoms with Crippen molar-refractivity contribution in [1.29, 1.82) is 0 Å². The van der Waals surface area contributed by atoms with Gasteiger partial charge in [0.2, 0.25) is 5.91 Å². The zero-order valence-electron chi connectivity index (χ0n) is 13.0. The third kappa shape index (κ3) is 6.52. The van der Waals surface area contributed by atoms with Crippen molar-refractivity contribution in [2.45, 2.75) is 13.3 Å². The lowest BCUT2D eigenvalue weighted by atomic mass is 10.2. The van der Waals surface area contributed by atoms with E-state index < -0.39 is 0 Å². The zero-order valence-corrected chi connectivity index (χ0v) is 13.8. The molecule has 2 N–H and O–H groups in total. The minimum absolute atomic E-state index is 0.0355. The number of carbonyl (C=O) groups excluding carboxylic acids is 2. The Morgan fingerprint density at radius 1 is 1.04 bits per heavy atom. The van der Waals surface area contributed by atoms with Crippen molar-refractivity contribution in [3.05, 3.63) is 52.2 Å². The van der Waals surface area contributed by atoms with Crippen molar-refractivity contribution < 1.29 is 14.3 Å². The van der Waals surface area contributed by atoms with Crippen molar-refractivity contribution in [3.8, 4) is 5.75 Å². The molecule has 2 amide bonds. The summed E-state index contributed by atoms with van der Waals surface area (Å²) in [5.41, 5.74) is 1.14. The van der Waals surface area contributed by atoms with Crippen molar-refractivity contribution in [3.63, 3.8) is 0 Å². The van der Waals surface area contributed by atoms with Crippen LogP contribution in [0.4, 0.5) is 0 Å². The molecule has 0 aliphatic heterocycles. The fraction of sp³-hybridized carbons (Fsp3) is 0.294. The molecule has 5 nitrogen and oxygen atoms in total. The number of aryl methyl sites for hydroxylation is 1. The van der Waals surface area contributed by atoms with Gasteiger partial charge in [-0.2, -0.15) is 0 Å². The molecule has 0 spiro atoms. The largest absolute Gasteiger partial charge is 0.484 e. The maximum absolute atomic E-state index is 11.7. The van der Waals surface area contributed by atoms with E-state index in [0.717, 1.165) is 10.4 Å². The molecule has 0 aliphatic carbocycles. The van der Waals surface area contributed by atoms with Gasteiger partial charge in [0.15, 0.2) is 6.61 Å². The summed E-state index contributed by atoms with van der Waals surface area (Å²) in [7, 11) is 0. The Kier molecular flexibility index (Phi) is 6.62. The molecule has 0 fully saturated rings. The number of rotatable bonds is 8. The maximum Gasteiger partial charge on any atom is 0.258 e. The standard InChI is InChI=1S/C17H20N2O3S/c1-13-4-6-14(7-5-13)22-12-17(21)19-9-8-18-16(20)11-15-3-2-10-23-15/h2-7,10H,8-9,11-12H2,1H3,(H,18,20)(H,19,21). The lowest BCUT2D eigenvalue weighted by Crippen LogP contribution is -2.37. The monoisotopic (exact) mass is 332 g/mol. The highest BCUT2D eigenvalue weighted by Gasteiger charge is 2.05. The maximum atomic E-state index is 11.7. The molecule has 0 saturated carbocycles. The number of carbonyl (C=O) groups is 2. The Balaban J connectivity index is 1.56. The first-order valence-corrected chi connectivity index (χ1v) is 8.27. The van der Waals surface area contributed by atoms with Crippen molar-refractivity contribution >= 4 is 23.2 Å². The average Bonchev–Trinajstić information content (AvgIpc) is 3.04. The number of thiophene rings is 1. The molecule has 0 atom stereocenters. The van der Waals surface area contributed by atoms with Crippen LogP contribution in [0.2, 0.25) is 0 Å². The van der Waals surface area contributed by atoms with Crippen LogP contribution in [0.15, 0.2) is 41.8 Å². The lowest BCUT2D eigenvalue weighted by molar-refractivity contribution is -0.124. The van der Waals surface area contributed by atoms with Gasteiger partial charge in [-0.1, -0.05) is 23.8 Å². The van der Waals surface area contributed by atoms with E-state index in [1.54, 1.807) is 11.3 Å². The second-order valence-electron chi connectivity index (χ2n) is 5.06. The first-order valence-electron chi connectivity index (χ1n) is 7.39. The third-order valence-corrected chi connectivity index (χ3v) is 3.95. The van der Waals surface area contributed by atoms with E-state index >= 15 is 0 Å². The van der Waals surface area contributed by atoms with E-state index in [0.29, 0.717) is 25.3 Å². The Bertz CT molecular complexity index is 624. The average molecular weight is 332 g/mol. The van der Waals surface area contributed by atoms with Gasteiger partial charge < -0.3 is 15.4 Å². The molecule has 0 unspecified atom stereocenters. The second-order valence-corrected chi connectivity index (χ2v) is 6.09. The van der Waals surface area contributed by atoms with Crippen LogP contribution in [0.3, 0.4) is 0 Å². The Labute approximate surface area is 139 Å². The number of benzene rings is 1. The lowest BCUT2D eigenvalue weighted by Gasteiger charge is -2.08. The summed E-state index contributed by atoms with van der Waals surface area (Å²) in [5.74, 6) is 0.408. The van der Waals surface area contributed by atoms with Crippen molar-refractivity contribution in [2.75, 3.05) is 19.7 Å². The molecule has 2 rings (SSSR count). The number of hydrogen-bond acceptors (Lipinski definition) is 4. The van der Waals surface area contributed by atoms with Crippen LogP contribution in [0, 0.1) is 6.92 Å². The SMILES string of the molecule is Cc1ccc(OCC(=O)NCCNC(=O)Cc2cccs2)cc1. The second kappa shape index (κ2) is 8.95. The van der Waals surface area contributed by atoms with E-state index in [1.807, 2.05) is 48.7 Å². The molecule has 1 aromatic heterocycles. The van der Waals surface area contributed by atoms with Crippen molar-refractivity contribution in [2.24, 2.45) is 0 Å². The summed E-state index contributed by atoms with van der Waals surface area (Å²) in [6.07, 6.45) is 0.377. The molecule has 0 bridgehead atoms. The van der Waals surface area contributed by atoms with Gasteiger partial charge in [0.05, 0.1) is 6.42 Å². The molecule has 0 saturated heterocycles. The zero-order chi connectivity index (χ0) is 16.5. The van der Waals surface area contributed by atoms with Crippen molar-refractivity contribution in [1.82, 2.24) is 10.6 Å². The summed E-state index contributed by atoms with van der Waals surface area (Å²) in [5, 5.41) is 7.41. The summed E-state index contributed by atoms with van der Waals surface area (Å²) in [6.45, 7) is 2.74. The molecule has 122 valence electrons. The first kappa shape index (κ1) is 17.0. The van der Waals surface area contributed by atoms with Crippen LogP contribution in [-0.2, 0) is 16.0 Å². The molecular weight excluding hydrogens is 312 g/mol. The summed E-state index contributed by atoms with van der Waals surface area (Å²) in [4.78, 5) is 24.3. The number of hydrogen-bond donors (Lipinski definition) is 2. The molecule has 1 heterocycles. The summed E-state index contributed by atoms with van der Waals surface area (Å²) >= 11 is 1.55. The normalized spacial score (nSPS) is 10.1. The van der Waals surface area contributed by atoms with Gasteiger partial charge in [-0.25, -0.2) is 0 Å². The van der Waals surface area contributed by atoms with Crippen LogP contribution in [0.5, 0.6) is 5.75 Å². The van der Waals surface area contributed by atoms with Crippen LogP contribution in [0.1, 0.15) is 10.4 Å². The smallest absolute Gasteiger partial charge is 0.258 e. The Hall–Kier alpha value is -2.34. The number of ether oxygens (including phenoxy) is 1. The van der Waals surface area contributed by atoms with Crippen LogP contribution < -0.4 is 15.4 Å². The molecule has 6 heteroatoms. The van der Waals surface area contributed by atoms with Gasteiger partial charge >= 0.3 is 0 Å². The van der Waals surface area contributed by atoms with Gasteiger partial charge in [-0.05, 0) is 30.5 Å². The molecule has 1 aromatic carbocycles. The summed E-state index contributed by atoms with van der Waals surface area (Å²) < 4.78 is 5.37. The minimum atomic E-state index is -0.210. The topological polar surface area (TPSA) is 67.4 Å². The highest BCUT2D eigenvalue weighted by Crippen LogP contribution is 2.11. The minimum Gasteiger partial charge on any atom is -0.484 e. The predicted octanol–water partition coefficient (Wildman–Crippen LogP) is 1.91. The third-order valence-electron chi connectivity index (χ3n) is 3.08. The van der Waals surface area contributed by atoms with Gasteiger partial charge in [0, 0.05) is 18.0 Å².